The Kier molecular flexibility index (Phi) is 3.41. The van der Waals surface area contributed by atoms with E-state index in [9.17, 15) is 9.59 Å². The van der Waals surface area contributed by atoms with Crippen LogP contribution in [0.2, 0.25) is 0 Å². The average Bonchev–Trinajstić information content (AvgIpc) is 3.30. The van der Waals surface area contributed by atoms with Gasteiger partial charge in [-0.05, 0) is 42.7 Å². The van der Waals surface area contributed by atoms with E-state index in [-0.39, 0.29) is 23.8 Å². The van der Waals surface area contributed by atoms with Gasteiger partial charge in [0.25, 0.3) is 0 Å². The molecule has 1 aliphatic heterocycles. The Bertz CT molecular complexity index is 1120. The van der Waals surface area contributed by atoms with Crippen molar-refractivity contribution >= 4 is 28.7 Å². The Hall–Kier alpha value is -3.08. The summed E-state index contributed by atoms with van der Waals surface area (Å²) in [6.07, 6.45) is 3.74. The lowest BCUT2D eigenvalue weighted by molar-refractivity contribution is -0.143. The van der Waals surface area contributed by atoms with Gasteiger partial charge in [-0.15, -0.1) is 0 Å². The van der Waals surface area contributed by atoms with Crippen LogP contribution < -0.4 is 0 Å². The molecule has 2 aliphatic rings. The Morgan fingerprint density at radius 2 is 2.07 bits per heavy atom. The minimum Gasteiger partial charge on any atom is -0.469 e. The second-order valence-electron chi connectivity index (χ2n) is 7.23. The standard InChI is InChI=1S/C22H20N2O3/c1-3-13-15-10-18(24-12(11-25)8-9-17(13)24)21-19(20(15)22(26)27-2)14-6-4-5-7-16(14)23-21/h3-9,11,15,18,20,23H,10H2,1-2H3/b13-3-/t15-,18+,20+/m0/s1. The lowest BCUT2D eigenvalue weighted by Gasteiger charge is -2.42. The maximum atomic E-state index is 12.9. The van der Waals surface area contributed by atoms with Crippen LogP contribution in [0, 0.1) is 5.92 Å². The molecule has 136 valence electrons. The van der Waals surface area contributed by atoms with Crippen LogP contribution in [0.3, 0.4) is 0 Å². The number of fused-ring (bicyclic) bond motifs is 8. The number of para-hydroxylation sites is 1. The first kappa shape index (κ1) is 16.1. The van der Waals surface area contributed by atoms with Gasteiger partial charge in [0.05, 0.1) is 24.8 Å². The van der Waals surface area contributed by atoms with Crippen LogP contribution in [-0.4, -0.2) is 28.9 Å². The first-order valence-electron chi connectivity index (χ1n) is 9.20. The summed E-state index contributed by atoms with van der Waals surface area (Å²) in [6.45, 7) is 1.99. The molecule has 0 spiro atoms. The molecule has 0 amide bonds. The molecule has 3 aromatic rings. The zero-order valence-electron chi connectivity index (χ0n) is 15.2. The Labute approximate surface area is 156 Å². The molecule has 3 heterocycles. The SMILES string of the molecule is C/C=C1\c2ccc(C=O)n2[C@@H]2C[C@@H]1[C@@H](C(=O)OC)c1c2[nH]c2ccccc12. The van der Waals surface area contributed by atoms with Crippen molar-refractivity contribution in [1.82, 2.24) is 9.55 Å². The largest absolute Gasteiger partial charge is 0.469 e. The van der Waals surface area contributed by atoms with Gasteiger partial charge in [-0.3, -0.25) is 9.59 Å². The van der Waals surface area contributed by atoms with Crippen LogP contribution in [0.1, 0.15) is 52.7 Å². The molecule has 2 bridgehead atoms. The molecule has 2 aromatic heterocycles. The highest BCUT2D eigenvalue weighted by molar-refractivity contribution is 5.94. The van der Waals surface area contributed by atoms with Crippen molar-refractivity contribution < 1.29 is 14.3 Å². The number of ether oxygens (including phenoxy) is 1. The van der Waals surface area contributed by atoms with Gasteiger partial charge in [0.2, 0.25) is 0 Å². The number of rotatable bonds is 2. The molecule has 5 heteroatoms. The normalized spacial score (nSPS) is 24.5. The van der Waals surface area contributed by atoms with Crippen LogP contribution >= 0.6 is 0 Å². The van der Waals surface area contributed by atoms with Crippen molar-refractivity contribution in [3.63, 3.8) is 0 Å². The number of hydrogen-bond acceptors (Lipinski definition) is 3. The van der Waals surface area contributed by atoms with Gasteiger partial charge < -0.3 is 14.3 Å². The minimum absolute atomic E-state index is 0.00667. The number of nitrogens with one attached hydrogen (secondary N) is 1. The summed E-state index contributed by atoms with van der Waals surface area (Å²) < 4.78 is 7.33. The lowest BCUT2D eigenvalue weighted by Crippen LogP contribution is -2.37. The van der Waals surface area contributed by atoms with Gasteiger partial charge >= 0.3 is 5.97 Å². The van der Waals surface area contributed by atoms with Crippen molar-refractivity contribution in [3.8, 4) is 0 Å². The predicted molar refractivity (Wildman–Crippen MR) is 103 cm³/mol. The predicted octanol–water partition coefficient (Wildman–Crippen LogP) is 4.06. The molecule has 0 saturated heterocycles. The third kappa shape index (κ3) is 1.99. The maximum Gasteiger partial charge on any atom is 0.313 e. The highest BCUT2D eigenvalue weighted by Crippen LogP contribution is 2.55. The van der Waals surface area contributed by atoms with Gasteiger partial charge in [0.15, 0.2) is 6.29 Å². The quantitative estimate of drug-likeness (QED) is 0.554. The summed E-state index contributed by atoms with van der Waals surface area (Å²) in [5, 5.41) is 1.05. The van der Waals surface area contributed by atoms with Crippen molar-refractivity contribution in [2.75, 3.05) is 7.11 Å². The van der Waals surface area contributed by atoms with Gasteiger partial charge in [0.1, 0.15) is 0 Å². The highest BCUT2D eigenvalue weighted by atomic mass is 16.5. The maximum absolute atomic E-state index is 12.9. The van der Waals surface area contributed by atoms with E-state index in [2.05, 4.69) is 15.6 Å². The van der Waals surface area contributed by atoms with E-state index in [1.165, 1.54) is 7.11 Å². The van der Waals surface area contributed by atoms with Crippen molar-refractivity contribution in [3.05, 3.63) is 65.1 Å². The number of carbonyl (C=O) groups is 2. The van der Waals surface area contributed by atoms with E-state index in [0.717, 1.165) is 46.1 Å². The molecule has 1 aromatic carbocycles. The number of carbonyl (C=O) groups excluding carboxylic acids is 2. The molecular weight excluding hydrogens is 340 g/mol. The van der Waals surface area contributed by atoms with Crippen molar-refractivity contribution in [1.29, 1.82) is 0 Å². The molecule has 5 nitrogen and oxygen atoms in total. The van der Waals surface area contributed by atoms with Crippen molar-refractivity contribution in [2.45, 2.75) is 25.3 Å². The number of aromatic nitrogens is 2. The second-order valence-corrected chi connectivity index (χ2v) is 7.23. The van der Waals surface area contributed by atoms with Crippen LogP contribution in [0.4, 0.5) is 0 Å². The Balaban J connectivity index is 1.87. The number of aromatic amines is 1. The molecule has 1 aliphatic carbocycles. The highest BCUT2D eigenvalue weighted by Gasteiger charge is 2.48. The minimum atomic E-state index is -0.355. The summed E-state index contributed by atoms with van der Waals surface area (Å²) in [5.74, 6) is -0.535. The van der Waals surface area contributed by atoms with E-state index < -0.39 is 0 Å². The van der Waals surface area contributed by atoms with Gasteiger partial charge in [-0.1, -0.05) is 24.3 Å². The molecule has 1 N–H and O–H groups in total. The summed E-state index contributed by atoms with van der Waals surface area (Å²) in [4.78, 5) is 28.1. The zero-order valence-corrected chi connectivity index (χ0v) is 15.2. The topological polar surface area (TPSA) is 64.1 Å². The monoisotopic (exact) mass is 360 g/mol. The molecule has 27 heavy (non-hydrogen) atoms. The van der Waals surface area contributed by atoms with Crippen LogP contribution in [0.25, 0.3) is 16.5 Å². The second kappa shape index (κ2) is 5.71. The van der Waals surface area contributed by atoms with Gasteiger partial charge in [-0.2, -0.15) is 0 Å². The summed E-state index contributed by atoms with van der Waals surface area (Å²) >= 11 is 0. The number of aldehydes is 1. The lowest BCUT2D eigenvalue weighted by atomic mass is 9.68. The van der Waals surface area contributed by atoms with Gasteiger partial charge in [0, 0.05) is 28.2 Å². The number of H-pyrrole nitrogens is 1. The first-order valence-corrected chi connectivity index (χ1v) is 9.20. The van der Waals surface area contributed by atoms with E-state index in [1.54, 1.807) is 0 Å². The molecule has 3 atom stereocenters. The zero-order chi connectivity index (χ0) is 18.7. The first-order chi connectivity index (χ1) is 13.2. The molecule has 0 radical (unpaired) electrons. The van der Waals surface area contributed by atoms with E-state index in [4.69, 9.17) is 4.74 Å². The average molecular weight is 360 g/mol. The van der Waals surface area contributed by atoms with E-state index in [0.29, 0.717) is 5.69 Å². The fourth-order valence-corrected chi connectivity index (χ4v) is 5.12. The Morgan fingerprint density at radius 1 is 1.26 bits per heavy atom. The molecule has 0 unspecified atom stereocenters. The number of benzene rings is 1. The van der Waals surface area contributed by atoms with E-state index in [1.807, 2.05) is 43.3 Å². The van der Waals surface area contributed by atoms with Crippen molar-refractivity contribution in [2.24, 2.45) is 5.92 Å². The summed E-state index contributed by atoms with van der Waals surface area (Å²) in [5.41, 5.74) is 5.80. The number of hydrogen-bond donors (Lipinski definition) is 1. The third-order valence-corrected chi connectivity index (χ3v) is 6.14. The number of nitrogens with zero attached hydrogens (tertiary/aromatic N) is 1. The van der Waals surface area contributed by atoms with Crippen LogP contribution in [0.5, 0.6) is 0 Å². The smallest absolute Gasteiger partial charge is 0.313 e. The summed E-state index contributed by atoms with van der Waals surface area (Å²) in [6, 6.07) is 11.9. The molecule has 0 fully saturated rings. The summed E-state index contributed by atoms with van der Waals surface area (Å²) in [7, 11) is 1.45. The third-order valence-electron chi connectivity index (χ3n) is 6.14. The fourth-order valence-electron chi connectivity index (χ4n) is 5.12. The molecule has 5 rings (SSSR count). The molecule has 0 saturated carbocycles. The van der Waals surface area contributed by atoms with Gasteiger partial charge in [-0.25, -0.2) is 0 Å². The van der Waals surface area contributed by atoms with Crippen LogP contribution in [0.15, 0.2) is 42.5 Å². The number of methoxy groups -OCH3 is 1. The Morgan fingerprint density at radius 3 is 2.81 bits per heavy atom. The number of allylic oxidation sites excluding steroid dienone is 2. The molecular formula is C22H20N2O3. The number of esters is 1. The van der Waals surface area contributed by atoms with Crippen LogP contribution in [-0.2, 0) is 9.53 Å². The fraction of sp³-hybridized carbons (Fsp3) is 0.273. The van der Waals surface area contributed by atoms with E-state index >= 15 is 0 Å².